The van der Waals surface area contributed by atoms with Gasteiger partial charge in [0.1, 0.15) is 17.2 Å². The Morgan fingerprint density at radius 2 is 1.65 bits per heavy atom. The van der Waals surface area contributed by atoms with Gasteiger partial charge >= 0.3 is 6.09 Å². The number of ether oxygens (including phenoxy) is 1. The fraction of sp³-hybridized carbons (Fsp3) is 0.500. The number of hydrogen-bond acceptors (Lipinski definition) is 3. The summed E-state index contributed by atoms with van der Waals surface area (Å²) in [6.45, 7) is 9.92. The number of rotatable bonds is 1. The average molecular weight is 328 g/mol. The molecule has 0 aromatic heterocycles. The SMILES string of the molecule is CC(C)(C)OC(=O)NN(C(=O)c1cc(F)ccc1F)C(C)(C)C. The number of nitrogens with zero attached hydrogens (tertiary/aromatic N) is 1. The molecule has 1 aromatic carbocycles. The van der Waals surface area contributed by atoms with Crippen LogP contribution in [-0.4, -0.2) is 28.1 Å². The summed E-state index contributed by atoms with van der Waals surface area (Å²) in [6.07, 6.45) is -0.863. The number of carbonyl (C=O) groups excluding carboxylic acids is 2. The number of hydrazine groups is 1. The predicted octanol–water partition coefficient (Wildman–Crippen LogP) is 3.65. The zero-order valence-electron chi connectivity index (χ0n) is 14.2. The minimum atomic E-state index is -0.882. The van der Waals surface area contributed by atoms with Gasteiger partial charge < -0.3 is 4.74 Å². The summed E-state index contributed by atoms with van der Waals surface area (Å²) in [6, 6.07) is 2.55. The third kappa shape index (κ3) is 5.50. The van der Waals surface area contributed by atoms with E-state index in [0.717, 1.165) is 23.2 Å². The third-order valence-corrected chi connectivity index (χ3v) is 2.63. The van der Waals surface area contributed by atoms with Crippen LogP contribution in [0.2, 0.25) is 0 Å². The van der Waals surface area contributed by atoms with E-state index in [4.69, 9.17) is 4.74 Å². The summed E-state index contributed by atoms with van der Waals surface area (Å²) >= 11 is 0. The average Bonchev–Trinajstić information content (AvgIpc) is 2.34. The van der Waals surface area contributed by atoms with Gasteiger partial charge in [0.05, 0.1) is 11.1 Å². The van der Waals surface area contributed by atoms with E-state index < -0.39 is 40.3 Å². The van der Waals surface area contributed by atoms with Crippen molar-refractivity contribution in [1.82, 2.24) is 10.4 Å². The van der Waals surface area contributed by atoms with Crippen LogP contribution >= 0.6 is 0 Å². The fourth-order valence-electron chi connectivity index (χ4n) is 1.70. The molecule has 2 amide bonds. The second-order valence-electron chi connectivity index (χ2n) is 7.05. The van der Waals surface area contributed by atoms with Crippen LogP contribution in [0.4, 0.5) is 13.6 Å². The van der Waals surface area contributed by atoms with Crippen LogP contribution in [0.15, 0.2) is 18.2 Å². The monoisotopic (exact) mass is 328 g/mol. The zero-order chi connectivity index (χ0) is 18.0. The summed E-state index contributed by atoms with van der Waals surface area (Å²) in [7, 11) is 0. The van der Waals surface area contributed by atoms with Gasteiger partial charge in [-0.15, -0.1) is 0 Å². The maximum absolute atomic E-state index is 13.8. The van der Waals surface area contributed by atoms with E-state index in [0.29, 0.717) is 0 Å². The first-order valence-corrected chi connectivity index (χ1v) is 7.10. The maximum atomic E-state index is 13.8. The molecule has 0 radical (unpaired) electrons. The van der Waals surface area contributed by atoms with Gasteiger partial charge in [0.25, 0.3) is 5.91 Å². The minimum absolute atomic E-state index is 0.476. The van der Waals surface area contributed by atoms with Gasteiger partial charge in [0, 0.05) is 0 Å². The second kappa shape index (κ2) is 6.52. The van der Waals surface area contributed by atoms with Crippen LogP contribution < -0.4 is 5.43 Å². The summed E-state index contributed by atoms with van der Waals surface area (Å²) in [4.78, 5) is 24.4. The van der Waals surface area contributed by atoms with Crippen LogP contribution in [-0.2, 0) is 4.74 Å². The highest BCUT2D eigenvalue weighted by Gasteiger charge is 2.32. The lowest BCUT2D eigenvalue weighted by Crippen LogP contribution is -2.56. The van der Waals surface area contributed by atoms with Crippen LogP contribution in [0.1, 0.15) is 51.9 Å². The van der Waals surface area contributed by atoms with Crippen molar-refractivity contribution in [2.75, 3.05) is 0 Å². The molecule has 0 saturated carbocycles. The Morgan fingerprint density at radius 3 is 2.13 bits per heavy atom. The molecule has 0 fully saturated rings. The molecule has 7 heteroatoms. The smallest absolute Gasteiger partial charge is 0.426 e. The molecule has 1 N–H and O–H groups in total. The van der Waals surface area contributed by atoms with Crippen LogP contribution in [0.25, 0.3) is 0 Å². The van der Waals surface area contributed by atoms with E-state index in [1.54, 1.807) is 41.5 Å². The molecular weight excluding hydrogens is 306 g/mol. The summed E-state index contributed by atoms with van der Waals surface area (Å²) < 4.78 is 32.2. The van der Waals surface area contributed by atoms with E-state index in [9.17, 15) is 18.4 Å². The zero-order valence-corrected chi connectivity index (χ0v) is 14.2. The molecule has 1 aromatic rings. The molecule has 1 rings (SSSR count). The predicted molar refractivity (Wildman–Crippen MR) is 81.7 cm³/mol. The minimum Gasteiger partial charge on any atom is -0.443 e. The van der Waals surface area contributed by atoms with Crippen LogP contribution in [0, 0.1) is 11.6 Å². The molecule has 0 heterocycles. The van der Waals surface area contributed by atoms with Crippen LogP contribution in [0.3, 0.4) is 0 Å². The quantitative estimate of drug-likeness (QED) is 0.801. The highest BCUT2D eigenvalue weighted by Crippen LogP contribution is 2.19. The number of amides is 2. The Bertz CT molecular complexity index is 604. The second-order valence-corrected chi connectivity index (χ2v) is 7.05. The number of hydrogen-bond donors (Lipinski definition) is 1. The van der Waals surface area contributed by atoms with Gasteiger partial charge in [-0.05, 0) is 59.7 Å². The Morgan fingerprint density at radius 1 is 1.09 bits per heavy atom. The first-order valence-electron chi connectivity index (χ1n) is 7.10. The number of carbonyl (C=O) groups is 2. The Labute approximate surface area is 134 Å². The molecular formula is C16H22F2N2O3. The number of halogens is 2. The molecule has 0 aliphatic rings. The topological polar surface area (TPSA) is 58.6 Å². The summed E-state index contributed by atoms with van der Waals surface area (Å²) in [5, 5.41) is 0.916. The maximum Gasteiger partial charge on any atom is 0.426 e. The molecule has 0 aliphatic carbocycles. The van der Waals surface area contributed by atoms with Crippen molar-refractivity contribution in [2.24, 2.45) is 0 Å². The molecule has 23 heavy (non-hydrogen) atoms. The molecule has 5 nitrogen and oxygen atoms in total. The molecule has 0 saturated heterocycles. The van der Waals surface area contributed by atoms with E-state index in [-0.39, 0.29) is 0 Å². The largest absolute Gasteiger partial charge is 0.443 e. The van der Waals surface area contributed by atoms with Crippen LogP contribution in [0.5, 0.6) is 0 Å². The van der Waals surface area contributed by atoms with Gasteiger partial charge in [-0.25, -0.2) is 24.0 Å². The lowest BCUT2D eigenvalue weighted by atomic mass is 10.1. The van der Waals surface area contributed by atoms with Gasteiger partial charge in [0.15, 0.2) is 0 Å². The summed E-state index contributed by atoms with van der Waals surface area (Å²) in [5.41, 5.74) is 0.171. The van der Waals surface area contributed by atoms with E-state index >= 15 is 0 Å². The number of benzene rings is 1. The lowest BCUT2D eigenvalue weighted by Gasteiger charge is -2.36. The van der Waals surface area contributed by atoms with Crippen molar-refractivity contribution in [3.05, 3.63) is 35.4 Å². The molecule has 0 unspecified atom stereocenters. The fourth-order valence-corrected chi connectivity index (χ4v) is 1.70. The highest BCUT2D eigenvalue weighted by molar-refractivity contribution is 5.95. The first kappa shape index (κ1) is 18.9. The van der Waals surface area contributed by atoms with Crippen molar-refractivity contribution in [2.45, 2.75) is 52.7 Å². The standard InChI is InChI=1S/C16H22F2N2O3/c1-15(2,3)20(19-14(22)23-16(4,5)6)13(21)11-9-10(17)7-8-12(11)18/h7-9H,1-6H3,(H,19,22). The molecule has 128 valence electrons. The molecule has 0 aliphatic heterocycles. The van der Waals surface area contributed by atoms with E-state index in [1.807, 2.05) is 0 Å². The van der Waals surface area contributed by atoms with Gasteiger partial charge in [0.2, 0.25) is 0 Å². The Kier molecular flexibility index (Phi) is 5.35. The van der Waals surface area contributed by atoms with Gasteiger partial charge in [-0.2, -0.15) is 0 Å². The third-order valence-electron chi connectivity index (χ3n) is 2.63. The van der Waals surface area contributed by atoms with Crippen molar-refractivity contribution in [3.63, 3.8) is 0 Å². The van der Waals surface area contributed by atoms with Crippen molar-refractivity contribution in [1.29, 1.82) is 0 Å². The highest BCUT2D eigenvalue weighted by atomic mass is 19.1. The Hall–Kier alpha value is -2.18. The van der Waals surface area contributed by atoms with Gasteiger partial charge in [-0.1, -0.05) is 0 Å². The van der Waals surface area contributed by atoms with Crippen molar-refractivity contribution >= 4 is 12.0 Å². The van der Waals surface area contributed by atoms with Gasteiger partial charge in [-0.3, -0.25) is 4.79 Å². The van der Waals surface area contributed by atoms with Crippen molar-refractivity contribution < 1.29 is 23.1 Å². The lowest BCUT2D eigenvalue weighted by molar-refractivity contribution is 0.0116. The molecule has 0 bridgehead atoms. The molecule has 0 spiro atoms. The number of nitrogens with one attached hydrogen (secondary N) is 1. The van der Waals surface area contributed by atoms with Crippen molar-refractivity contribution in [3.8, 4) is 0 Å². The normalized spacial score (nSPS) is 11.8. The first-order chi connectivity index (χ1) is 10.3. The molecule has 0 atom stereocenters. The van der Waals surface area contributed by atoms with E-state index in [2.05, 4.69) is 5.43 Å². The van der Waals surface area contributed by atoms with E-state index in [1.165, 1.54) is 0 Å². The Balaban J connectivity index is 3.10. The summed E-state index contributed by atoms with van der Waals surface area (Å²) in [5.74, 6) is -2.50.